The van der Waals surface area contributed by atoms with Crippen LogP contribution in [0.1, 0.15) is 12.5 Å². The van der Waals surface area contributed by atoms with Crippen LogP contribution in [-0.4, -0.2) is 16.0 Å². The minimum Gasteiger partial charge on any atom is -0.507 e. The van der Waals surface area contributed by atoms with Crippen LogP contribution in [0.5, 0.6) is 5.75 Å². The molecule has 0 aromatic heterocycles. The highest BCUT2D eigenvalue weighted by molar-refractivity contribution is 6.04. The smallest absolute Gasteiger partial charge is 0.125 e. The molecule has 76 valence electrons. The highest BCUT2D eigenvalue weighted by Crippen LogP contribution is 2.25. The average molecular weight is 201 g/mol. The summed E-state index contributed by atoms with van der Waals surface area (Å²) in [6.45, 7) is 1.64. The monoisotopic (exact) mass is 201 g/mol. The van der Waals surface area contributed by atoms with Gasteiger partial charge in [0.2, 0.25) is 0 Å². The Bertz CT molecular complexity index is 532. The molecule has 0 unspecified atom stereocenters. The van der Waals surface area contributed by atoms with E-state index in [1.807, 2.05) is 24.3 Å². The van der Waals surface area contributed by atoms with E-state index in [1.54, 1.807) is 19.1 Å². The average Bonchev–Trinajstić information content (AvgIpc) is 2.27. The van der Waals surface area contributed by atoms with Crippen molar-refractivity contribution >= 4 is 16.5 Å². The standard InChI is InChI=1S/C12H11NO2/c1-8(13-15)11-6-9-4-2-3-5-10(9)7-12(11)14/h2-7,14-15H,1H3. The third-order valence-electron chi connectivity index (χ3n) is 2.40. The second kappa shape index (κ2) is 3.61. The predicted octanol–water partition coefficient (Wildman–Crippen LogP) is 2.74. The van der Waals surface area contributed by atoms with Gasteiger partial charge in [0.05, 0.1) is 5.71 Å². The number of oxime groups is 1. The van der Waals surface area contributed by atoms with Gasteiger partial charge in [-0.2, -0.15) is 0 Å². The quantitative estimate of drug-likeness (QED) is 0.423. The van der Waals surface area contributed by atoms with E-state index in [1.165, 1.54) is 0 Å². The van der Waals surface area contributed by atoms with Crippen molar-refractivity contribution in [2.24, 2.45) is 5.16 Å². The normalized spacial score (nSPS) is 11.9. The summed E-state index contributed by atoms with van der Waals surface area (Å²) in [5, 5.41) is 23.4. The van der Waals surface area contributed by atoms with E-state index >= 15 is 0 Å². The van der Waals surface area contributed by atoms with E-state index in [2.05, 4.69) is 5.16 Å². The molecule has 0 aliphatic heterocycles. The molecule has 0 aliphatic rings. The number of phenols is 1. The van der Waals surface area contributed by atoms with Crippen molar-refractivity contribution in [2.75, 3.05) is 0 Å². The van der Waals surface area contributed by atoms with Crippen LogP contribution in [-0.2, 0) is 0 Å². The minimum atomic E-state index is 0.129. The lowest BCUT2D eigenvalue weighted by atomic mass is 10.0. The van der Waals surface area contributed by atoms with Crippen LogP contribution < -0.4 is 0 Å². The summed E-state index contributed by atoms with van der Waals surface area (Å²) in [5.41, 5.74) is 0.953. The van der Waals surface area contributed by atoms with Gasteiger partial charge in [-0.1, -0.05) is 29.4 Å². The summed E-state index contributed by atoms with van der Waals surface area (Å²) in [6.07, 6.45) is 0. The lowest BCUT2D eigenvalue weighted by Gasteiger charge is -2.05. The molecule has 0 radical (unpaired) electrons. The topological polar surface area (TPSA) is 52.8 Å². The maximum atomic E-state index is 9.72. The van der Waals surface area contributed by atoms with Gasteiger partial charge in [-0.25, -0.2) is 0 Å². The predicted molar refractivity (Wildman–Crippen MR) is 59.6 cm³/mol. The van der Waals surface area contributed by atoms with Crippen LogP contribution in [0.15, 0.2) is 41.6 Å². The number of benzene rings is 2. The second-order valence-electron chi connectivity index (χ2n) is 3.40. The SMILES string of the molecule is CC(=NO)c1cc2ccccc2cc1O. The van der Waals surface area contributed by atoms with Gasteiger partial charge in [0, 0.05) is 5.56 Å². The van der Waals surface area contributed by atoms with E-state index in [-0.39, 0.29) is 5.75 Å². The van der Waals surface area contributed by atoms with Crippen LogP contribution >= 0.6 is 0 Å². The van der Waals surface area contributed by atoms with Crippen molar-refractivity contribution in [3.8, 4) is 5.75 Å². The fraction of sp³-hybridized carbons (Fsp3) is 0.0833. The molecule has 3 heteroatoms. The first-order valence-corrected chi connectivity index (χ1v) is 4.63. The minimum absolute atomic E-state index is 0.129. The van der Waals surface area contributed by atoms with E-state index in [9.17, 15) is 5.11 Å². The molecular weight excluding hydrogens is 190 g/mol. The third-order valence-corrected chi connectivity index (χ3v) is 2.40. The molecule has 0 fully saturated rings. The van der Waals surface area contributed by atoms with Crippen molar-refractivity contribution in [1.29, 1.82) is 0 Å². The molecule has 3 nitrogen and oxygen atoms in total. The Morgan fingerprint density at radius 2 is 1.73 bits per heavy atom. The summed E-state index contributed by atoms with van der Waals surface area (Å²) in [4.78, 5) is 0. The van der Waals surface area contributed by atoms with Gasteiger partial charge >= 0.3 is 0 Å². The summed E-state index contributed by atoms with van der Waals surface area (Å²) in [6, 6.07) is 11.2. The first-order valence-electron chi connectivity index (χ1n) is 4.63. The highest BCUT2D eigenvalue weighted by atomic mass is 16.4. The molecule has 0 amide bonds. The van der Waals surface area contributed by atoms with Crippen LogP contribution in [0.4, 0.5) is 0 Å². The Kier molecular flexibility index (Phi) is 2.29. The highest BCUT2D eigenvalue weighted by Gasteiger charge is 2.06. The molecule has 0 bridgehead atoms. The number of phenolic OH excluding ortho intramolecular Hbond substituents is 1. The van der Waals surface area contributed by atoms with Crippen LogP contribution in [0.3, 0.4) is 0 Å². The summed E-state index contributed by atoms with van der Waals surface area (Å²) >= 11 is 0. The first kappa shape index (κ1) is 9.52. The zero-order chi connectivity index (χ0) is 10.8. The molecule has 15 heavy (non-hydrogen) atoms. The van der Waals surface area contributed by atoms with Crippen molar-refractivity contribution < 1.29 is 10.3 Å². The fourth-order valence-electron chi connectivity index (χ4n) is 1.57. The van der Waals surface area contributed by atoms with Crippen LogP contribution in [0, 0.1) is 0 Å². The Morgan fingerprint density at radius 1 is 1.13 bits per heavy atom. The van der Waals surface area contributed by atoms with E-state index < -0.39 is 0 Å². The molecule has 2 N–H and O–H groups in total. The fourth-order valence-corrected chi connectivity index (χ4v) is 1.57. The first-order chi connectivity index (χ1) is 7.22. The molecule has 2 rings (SSSR count). The molecule has 2 aromatic rings. The Hall–Kier alpha value is -2.03. The molecule has 0 spiro atoms. The molecule has 0 atom stereocenters. The van der Waals surface area contributed by atoms with Crippen LogP contribution in [0.2, 0.25) is 0 Å². The number of hydrogen-bond acceptors (Lipinski definition) is 3. The number of fused-ring (bicyclic) bond motifs is 1. The Balaban J connectivity index is 2.72. The van der Waals surface area contributed by atoms with Crippen molar-refractivity contribution in [3.63, 3.8) is 0 Å². The lowest BCUT2D eigenvalue weighted by molar-refractivity contribution is 0.319. The van der Waals surface area contributed by atoms with Gasteiger partial charge in [0.25, 0.3) is 0 Å². The number of nitrogens with zero attached hydrogens (tertiary/aromatic N) is 1. The van der Waals surface area contributed by atoms with E-state index in [4.69, 9.17) is 5.21 Å². The van der Waals surface area contributed by atoms with Gasteiger partial charge in [0.1, 0.15) is 5.75 Å². The van der Waals surface area contributed by atoms with Gasteiger partial charge in [-0.05, 0) is 29.8 Å². The number of rotatable bonds is 1. The zero-order valence-electron chi connectivity index (χ0n) is 8.31. The van der Waals surface area contributed by atoms with Crippen molar-refractivity contribution in [1.82, 2.24) is 0 Å². The summed E-state index contributed by atoms with van der Waals surface area (Å²) < 4.78 is 0. The zero-order valence-corrected chi connectivity index (χ0v) is 8.31. The van der Waals surface area contributed by atoms with Gasteiger partial charge in [-0.3, -0.25) is 0 Å². The molecule has 0 saturated carbocycles. The Morgan fingerprint density at radius 3 is 2.33 bits per heavy atom. The molecule has 2 aromatic carbocycles. The van der Waals surface area contributed by atoms with Crippen molar-refractivity contribution in [3.05, 3.63) is 42.0 Å². The van der Waals surface area contributed by atoms with Crippen molar-refractivity contribution in [2.45, 2.75) is 6.92 Å². The van der Waals surface area contributed by atoms with E-state index in [0.29, 0.717) is 11.3 Å². The maximum absolute atomic E-state index is 9.72. The molecule has 0 aliphatic carbocycles. The lowest BCUT2D eigenvalue weighted by Crippen LogP contribution is -1.94. The number of aromatic hydroxyl groups is 1. The van der Waals surface area contributed by atoms with Crippen LogP contribution in [0.25, 0.3) is 10.8 Å². The molecular formula is C12H11NO2. The van der Waals surface area contributed by atoms with E-state index in [0.717, 1.165) is 10.8 Å². The maximum Gasteiger partial charge on any atom is 0.125 e. The second-order valence-corrected chi connectivity index (χ2v) is 3.40. The summed E-state index contributed by atoms with van der Waals surface area (Å²) in [5.74, 6) is 0.129. The van der Waals surface area contributed by atoms with Gasteiger partial charge in [0.15, 0.2) is 0 Å². The molecule has 0 heterocycles. The van der Waals surface area contributed by atoms with Gasteiger partial charge < -0.3 is 10.3 Å². The largest absolute Gasteiger partial charge is 0.507 e. The third kappa shape index (κ3) is 1.64. The summed E-state index contributed by atoms with van der Waals surface area (Å²) in [7, 11) is 0. The number of hydrogen-bond donors (Lipinski definition) is 2. The molecule has 0 saturated heterocycles. The van der Waals surface area contributed by atoms with Gasteiger partial charge in [-0.15, -0.1) is 0 Å². The Labute approximate surface area is 87.3 Å².